The molecule has 1 heterocycles. The van der Waals surface area contributed by atoms with Crippen LogP contribution in [0.5, 0.6) is 0 Å². The molecule has 0 aliphatic rings. The monoisotopic (exact) mass is 204 g/mol. The summed E-state index contributed by atoms with van der Waals surface area (Å²) in [6, 6.07) is 2.66. The smallest absolute Gasteiger partial charge is 0.326 e. The van der Waals surface area contributed by atoms with E-state index in [1.54, 1.807) is 19.1 Å². The van der Waals surface area contributed by atoms with Crippen LogP contribution in [-0.2, 0) is 4.79 Å². The Balaban J connectivity index is 3.27. The molecule has 1 rings (SSSR count). The van der Waals surface area contributed by atoms with E-state index in [0.717, 1.165) is 0 Å². The second-order valence-corrected chi connectivity index (χ2v) is 2.83. The summed E-state index contributed by atoms with van der Waals surface area (Å²) in [4.78, 5) is 14.5. The Labute approximate surface area is 86.0 Å². The van der Waals surface area contributed by atoms with Crippen LogP contribution < -0.4 is 0 Å². The van der Waals surface area contributed by atoms with Gasteiger partial charge in [-0.2, -0.15) is 10.5 Å². The summed E-state index contributed by atoms with van der Waals surface area (Å²) in [5.74, 6) is -1.05. The van der Waals surface area contributed by atoms with Crippen LogP contribution in [-0.4, -0.2) is 20.6 Å². The van der Waals surface area contributed by atoms with Crippen LogP contribution in [0.1, 0.15) is 30.8 Å². The first-order chi connectivity index (χ1) is 7.15. The molecule has 1 N–H and O–H groups in total. The molecule has 0 saturated carbocycles. The second-order valence-electron chi connectivity index (χ2n) is 2.83. The van der Waals surface area contributed by atoms with E-state index in [9.17, 15) is 4.79 Å². The van der Waals surface area contributed by atoms with Crippen molar-refractivity contribution in [1.29, 1.82) is 10.5 Å². The van der Waals surface area contributed by atoms with Gasteiger partial charge in [0, 0.05) is 0 Å². The van der Waals surface area contributed by atoms with E-state index < -0.39 is 12.0 Å². The lowest BCUT2D eigenvalue weighted by molar-refractivity contribution is -0.141. The Morgan fingerprint density at radius 3 is 2.73 bits per heavy atom. The molecule has 1 aromatic heterocycles. The minimum Gasteiger partial charge on any atom is -0.480 e. The van der Waals surface area contributed by atoms with Crippen molar-refractivity contribution in [3.05, 3.63) is 17.7 Å². The van der Waals surface area contributed by atoms with E-state index in [2.05, 4.69) is 4.98 Å². The van der Waals surface area contributed by atoms with Crippen molar-refractivity contribution in [1.82, 2.24) is 9.55 Å². The van der Waals surface area contributed by atoms with E-state index in [4.69, 9.17) is 15.6 Å². The number of nitrogens with zero attached hydrogens (tertiary/aromatic N) is 4. The summed E-state index contributed by atoms with van der Waals surface area (Å²) in [6.45, 7) is 1.69. The first kappa shape index (κ1) is 10.7. The van der Waals surface area contributed by atoms with Crippen molar-refractivity contribution in [2.24, 2.45) is 0 Å². The normalized spacial score (nSPS) is 11.4. The number of hydrogen-bond donors (Lipinski definition) is 1. The average molecular weight is 204 g/mol. The van der Waals surface area contributed by atoms with Crippen LogP contribution in [0.25, 0.3) is 0 Å². The van der Waals surface area contributed by atoms with Crippen molar-refractivity contribution in [2.75, 3.05) is 0 Å². The SMILES string of the molecule is CCC(C(=O)O)n1cnc(C#N)c1C#N. The van der Waals surface area contributed by atoms with Gasteiger partial charge in [0.1, 0.15) is 18.2 Å². The van der Waals surface area contributed by atoms with Gasteiger partial charge in [0.05, 0.1) is 6.33 Å². The number of hydrogen-bond acceptors (Lipinski definition) is 4. The number of nitriles is 2. The third-order valence-electron chi connectivity index (χ3n) is 2.01. The fourth-order valence-corrected chi connectivity index (χ4v) is 1.28. The predicted octanol–water partition coefficient (Wildman–Crippen LogP) is 0.662. The molecular weight excluding hydrogens is 196 g/mol. The van der Waals surface area contributed by atoms with Crippen molar-refractivity contribution in [3.63, 3.8) is 0 Å². The Hall–Kier alpha value is -2.34. The molecule has 0 aliphatic carbocycles. The summed E-state index contributed by atoms with van der Waals surface area (Å²) >= 11 is 0. The van der Waals surface area contributed by atoms with Crippen LogP contribution in [0.15, 0.2) is 6.33 Å². The number of rotatable bonds is 3. The third-order valence-corrected chi connectivity index (χ3v) is 2.01. The highest BCUT2D eigenvalue weighted by atomic mass is 16.4. The largest absolute Gasteiger partial charge is 0.480 e. The molecule has 1 aromatic rings. The van der Waals surface area contributed by atoms with Gasteiger partial charge in [0.2, 0.25) is 0 Å². The Bertz CT molecular complexity index is 463. The maximum Gasteiger partial charge on any atom is 0.326 e. The second kappa shape index (κ2) is 4.25. The lowest BCUT2D eigenvalue weighted by Gasteiger charge is -2.11. The van der Waals surface area contributed by atoms with E-state index >= 15 is 0 Å². The molecule has 0 saturated heterocycles. The lowest BCUT2D eigenvalue weighted by atomic mass is 10.2. The van der Waals surface area contributed by atoms with Crippen LogP contribution in [0.2, 0.25) is 0 Å². The fraction of sp³-hybridized carbons (Fsp3) is 0.333. The standard InChI is InChI=1S/C9H8N4O2/c1-2-7(9(14)15)13-5-12-6(3-10)8(13)4-11/h5,7H,2H2,1H3,(H,14,15). The van der Waals surface area contributed by atoms with E-state index in [0.29, 0.717) is 6.42 Å². The molecule has 0 radical (unpaired) electrons. The first-order valence-electron chi connectivity index (χ1n) is 4.25. The first-order valence-corrected chi connectivity index (χ1v) is 4.25. The van der Waals surface area contributed by atoms with Crippen LogP contribution in [0.4, 0.5) is 0 Å². The Morgan fingerprint density at radius 1 is 1.67 bits per heavy atom. The zero-order valence-corrected chi connectivity index (χ0v) is 8.01. The van der Waals surface area contributed by atoms with Crippen molar-refractivity contribution >= 4 is 5.97 Å². The number of carboxylic acids is 1. The molecule has 1 atom stereocenters. The molecule has 0 amide bonds. The van der Waals surface area contributed by atoms with Crippen molar-refractivity contribution in [3.8, 4) is 12.1 Å². The van der Waals surface area contributed by atoms with Gasteiger partial charge in [0.25, 0.3) is 0 Å². The highest BCUT2D eigenvalue weighted by Crippen LogP contribution is 2.16. The Morgan fingerprint density at radius 2 is 2.33 bits per heavy atom. The molecule has 1 unspecified atom stereocenters. The molecule has 0 spiro atoms. The van der Waals surface area contributed by atoms with Gasteiger partial charge in [-0.3, -0.25) is 0 Å². The molecule has 76 valence electrons. The van der Waals surface area contributed by atoms with Crippen LogP contribution in [0.3, 0.4) is 0 Å². The molecule has 6 heteroatoms. The highest BCUT2D eigenvalue weighted by molar-refractivity contribution is 5.72. The summed E-state index contributed by atoms with van der Waals surface area (Å²) in [7, 11) is 0. The lowest BCUT2D eigenvalue weighted by Crippen LogP contribution is -2.18. The summed E-state index contributed by atoms with van der Waals surface area (Å²) in [5.41, 5.74) is -0.0519. The number of carboxylic acid groups (broad SMARTS) is 1. The summed E-state index contributed by atoms with van der Waals surface area (Å²) < 4.78 is 1.21. The van der Waals surface area contributed by atoms with E-state index in [1.807, 2.05) is 0 Å². The predicted molar refractivity (Wildman–Crippen MR) is 48.6 cm³/mol. The Kier molecular flexibility index (Phi) is 3.04. The molecule has 0 aliphatic heterocycles. The molecule has 6 nitrogen and oxygen atoms in total. The van der Waals surface area contributed by atoms with Gasteiger partial charge in [-0.05, 0) is 6.42 Å². The molecule has 0 fully saturated rings. The number of aliphatic carboxylic acids is 1. The molecule has 15 heavy (non-hydrogen) atoms. The maximum atomic E-state index is 10.9. The van der Waals surface area contributed by atoms with Crippen LogP contribution >= 0.6 is 0 Å². The molecular formula is C9H8N4O2. The summed E-state index contributed by atoms with van der Waals surface area (Å²) in [5, 5.41) is 26.3. The fourth-order valence-electron chi connectivity index (χ4n) is 1.28. The zero-order chi connectivity index (χ0) is 11.4. The summed E-state index contributed by atoms with van der Waals surface area (Å²) in [6.07, 6.45) is 1.53. The zero-order valence-electron chi connectivity index (χ0n) is 8.01. The number of carbonyl (C=O) groups is 1. The number of imidazole rings is 1. The van der Waals surface area contributed by atoms with Gasteiger partial charge < -0.3 is 9.67 Å². The van der Waals surface area contributed by atoms with Gasteiger partial charge in [-0.25, -0.2) is 9.78 Å². The minimum absolute atomic E-state index is 0.00764. The van der Waals surface area contributed by atoms with E-state index in [1.165, 1.54) is 10.9 Å². The molecule has 0 aromatic carbocycles. The highest BCUT2D eigenvalue weighted by Gasteiger charge is 2.22. The van der Waals surface area contributed by atoms with Gasteiger partial charge in [0.15, 0.2) is 11.4 Å². The number of aromatic nitrogens is 2. The minimum atomic E-state index is -1.05. The van der Waals surface area contributed by atoms with Gasteiger partial charge in [-0.15, -0.1) is 0 Å². The van der Waals surface area contributed by atoms with Crippen LogP contribution in [0, 0.1) is 22.7 Å². The van der Waals surface area contributed by atoms with Crippen molar-refractivity contribution < 1.29 is 9.90 Å². The quantitative estimate of drug-likeness (QED) is 0.778. The molecule has 0 bridgehead atoms. The topological polar surface area (TPSA) is 103 Å². The van der Waals surface area contributed by atoms with Crippen molar-refractivity contribution in [2.45, 2.75) is 19.4 Å². The van der Waals surface area contributed by atoms with Gasteiger partial charge in [-0.1, -0.05) is 6.92 Å². The average Bonchev–Trinajstić information content (AvgIpc) is 2.61. The third kappa shape index (κ3) is 1.79. The van der Waals surface area contributed by atoms with Gasteiger partial charge >= 0.3 is 5.97 Å². The van der Waals surface area contributed by atoms with E-state index in [-0.39, 0.29) is 11.4 Å². The maximum absolute atomic E-state index is 10.9.